The lowest BCUT2D eigenvalue weighted by molar-refractivity contribution is 0.659. The third-order valence-electron chi connectivity index (χ3n) is 1.39. The predicted molar refractivity (Wildman–Crippen MR) is 46.8 cm³/mol. The molecule has 1 unspecified atom stereocenters. The summed E-state index contributed by atoms with van der Waals surface area (Å²) in [4.78, 5) is 0.718. The minimum atomic E-state index is 0.718. The van der Waals surface area contributed by atoms with Crippen LogP contribution in [0.15, 0.2) is 0 Å². The molecule has 0 spiro atoms. The van der Waals surface area contributed by atoms with Gasteiger partial charge in [-0.3, -0.25) is 0 Å². The number of hydrogen-bond acceptors (Lipinski definition) is 0. The van der Waals surface area contributed by atoms with Gasteiger partial charge in [0.05, 0.1) is 0 Å². The molecule has 1 radical (unpaired) electrons. The molecule has 1 heteroatoms. The Kier molecular flexibility index (Phi) is 6.95. The lowest BCUT2D eigenvalue weighted by Crippen LogP contribution is -1.95. The van der Waals surface area contributed by atoms with Crippen molar-refractivity contribution in [1.82, 2.24) is 0 Å². The molecule has 0 amide bonds. The zero-order valence-corrected chi connectivity index (χ0v) is 7.78. The summed E-state index contributed by atoms with van der Waals surface area (Å²) in [6, 6.07) is 0. The van der Waals surface area contributed by atoms with Crippen LogP contribution >= 0.6 is 15.9 Å². The van der Waals surface area contributed by atoms with Gasteiger partial charge in [-0.2, -0.15) is 0 Å². The molecular formula is C8H16Br. The van der Waals surface area contributed by atoms with Crippen molar-refractivity contribution in [3.8, 4) is 0 Å². The molecule has 0 aliphatic rings. The molecule has 0 aromatic carbocycles. The Morgan fingerprint density at radius 2 is 2.11 bits per heavy atom. The van der Waals surface area contributed by atoms with Crippen LogP contribution in [0.5, 0.6) is 0 Å². The molecule has 0 saturated heterocycles. The molecule has 0 saturated carbocycles. The van der Waals surface area contributed by atoms with Gasteiger partial charge < -0.3 is 0 Å². The topological polar surface area (TPSA) is 0 Å². The molecule has 55 valence electrons. The monoisotopic (exact) mass is 191 g/mol. The summed E-state index contributed by atoms with van der Waals surface area (Å²) in [7, 11) is 0. The van der Waals surface area contributed by atoms with Crippen molar-refractivity contribution in [2.24, 2.45) is 0 Å². The van der Waals surface area contributed by atoms with Gasteiger partial charge in [-0.25, -0.2) is 0 Å². The maximum absolute atomic E-state index is 3.80. The maximum Gasteiger partial charge on any atom is 0.0145 e. The van der Waals surface area contributed by atoms with Gasteiger partial charge in [0.2, 0.25) is 0 Å². The van der Waals surface area contributed by atoms with Crippen molar-refractivity contribution in [2.75, 3.05) is 0 Å². The molecule has 0 N–H and O–H groups in total. The van der Waals surface area contributed by atoms with Crippen LogP contribution in [-0.4, -0.2) is 4.83 Å². The van der Waals surface area contributed by atoms with E-state index in [9.17, 15) is 0 Å². The van der Waals surface area contributed by atoms with E-state index in [4.69, 9.17) is 0 Å². The highest BCUT2D eigenvalue weighted by molar-refractivity contribution is 9.09. The van der Waals surface area contributed by atoms with Gasteiger partial charge in [0, 0.05) is 4.83 Å². The molecule has 0 aliphatic heterocycles. The van der Waals surface area contributed by atoms with Crippen molar-refractivity contribution in [3.05, 3.63) is 6.92 Å². The molecule has 0 aromatic heterocycles. The molecule has 0 aromatic rings. The van der Waals surface area contributed by atoms with Crippen LogP contribution in [0.25, 0.3) is 0 Å². The van der Waals surface area contributed by atoms with E-state index in [0.717, 1.165) is 11.2 Å². The summed E-state index contributed by atoms with van der Waals surface area (Å²) < 4.78 is 0. The van der Waals surface area contributed by atoms with E-state index >= 15 is 0 Å². The third kappa shape index (κ3) is 6.36. The highest BCUT2D eigenvalue weighted by Crippen LogP contribution is 2.14. The average Bonchev–Trinajstić information content (AvgIpc) is 1.85. The largest absolute Gasteiger partial charge is 0.0891 e. The Morgan fingerprint density at radius 1 is 1.44 bits per heavy atom. The number of alkyl halides is 1. The second kappa shape index (κ2) is 6.60. The Bertz CT molecular complexity index is 52.5. The van der Waals surface area contributed by atoms with Gasteiger partial charge >= 0.3 is 0 Å². The SMILES string of the molecule is [CH2]CCC(Br)CCCC. The summed E-state index contributed by atoms with van der Waals surface area (Å²) in [5.41, 5.74) is 0. The van der Waals surface area contributed by atoms with E-state index in [1.54, 1.807) is 0 Å². The minimum Gasteiger partial charge on any atom is -0.0891 e. The molecule has 9 heavy (non-hydrogen) atoms. The van der Waals surface area contributed by atoms with Gasteiger partial charge in [0.15, 0.2) is 0 Å². The molecule has 1 atom stereocenters. The van der Waals surface area contributed by atoms with E-state index < -0.39 is 0 Å². The lowest BCUT2D eigenvalue weighted by Gasteiger charge is -2.05. The van der Waals surface area contributed by atoms with Crippen LogP contribution in [0, 0.1) is 6.92 Å². The zero-order chi connectivity index (χ0) is 7.11. The highest BCUT2D eigenvalue weighted by atomic mass is 79.9. The van der Waals surface area contributed by atoms with Crippen LogP contribution in [0.1, 0.15) is 39.0 Å². The Hall–Kier alpha value is 0.480. The maximum atomic E-state index is 3.80. The Labute approximate surface area is 67.2 Å². The quantitative estimate of drug-likeness (QED) is 0.584. The molecular weight excluding hydrogens is 176 g/mol. The summed E-state index contributed by atoms with van der Waals surface area (Å²) in [6.07, 6.45) is 6.24. The number of rotatable bonds is 5. The van der Waals surface area contributed by atoms with E-state index in [1.807, 2.05) is 0 Å². The van der Waals surface area contributed by atoms with Crippen LogP contribution in [-0.2, 0) is 0 Å². The van der Waals surface area contributed by atoms with Gasteiger partial charge in [0.25, 0.3) is 0 Å². The first-order valence-corrected chi connectivity index (χ1v) is 4.66. The highest BCUT2D eigenvalue weighted by Gasteiger charge is 1.99. The molecule has 0 rings (SSSR count). The fourth-order valence-corrected chi connectivity index (χ4v) is 1.44. The van der Waals surface area contributed by atoms with Gasteiger partial charge in [0.1, 0.15) is 0 Å². The Balaban J connectivity index is 2.95. The number of unbranched alkanes of at least 4 members (excludes halogenated alkanes) is 1. The van der Waals surface area contributed by atoms with Crippen LogP contribution in [0.4, 0.5) is 0 Å². The first-order chi connectivity index (χ1) is 4.31. The summed E-state index contributed by atoms with van der Waals surface area (Å²) in [6.45, 7) is 6.03. The van der Waals surface area contributed by atoms with Gasteiger partial charge in [-0.15, -0.1) is 0 Å². The number of halogens is 1. The van der Waals surface area contributed by atoms with E-state index in [1.165, 1.54) is 25.7 Å². The smallest absolute Gasteiger partial charge is 0.0145 e. The first kappa shape index (κ1) is 9.48. The molecule has 0 fully saturated rings. The second-order valence-corrected chi connectivity index (χ2v) is 3.68. The van der Waals surface area contributed by atoms with E-state index in [-0.39, 0.29) is 0 Å². The molecule has 0 bridgehead atoms. The normalized spacial score (nSPS) is 13.7. The van der Waals surface area contributed by atoms with Crippen LogP contribution in [0.2, 0.25) is 0 Å². The average molecular weight is 192 g/mol. The third-order valence-corrected chi connectivity index (χ3v) is 2.30. The standard InChI is InChI=1S/C8H16Br/c1-3-5-7-8(9)6-4-2/h8H,2-7H2,1H3. The van der Waals surface area contributed by atoms with Crippen molar-refractivity contribution in [1.29, 1.82) is 0 Å². The van der Waals surface area contributed by atoms with Crippen LogP contribution < -0.4 is 0 Å². The Morgan fingerprint density at radius 3 is 2.56 bits per heavy atom. The van der Waals surface area contributed by atoms with E-state index in [0.29, 0.717) is 0 Å². The summed E-state index contributed by atoms with van der Waals surface area (Å²) in [5.74, 6) is 0. The molecule has 0 aliphatic carbocycles. The van der Waals surface area contributed by atoms with E-state index in [2.05, 4.69) is 29.8 Å². The second-order valence-electron chi connectivity index (χ2n) is 2.38. The van der Waals surface area contributed by atoms with Gasteiger partial charge in [-0.1, -0.05) is 49.0 Å². The molecule has 0 heterocycles. The van der Waals surface area contributed by atoms with Crippen molar-refractivity contribution in [3.63, 3.8) is 0 Å². The fraction of sp³-hybridized carbons (Fsp3) is 0.875. The summed E-state index contributed by atoms with van der Waals surface area (Å²) >= 11 is 3.60. The fourth-order valence-electron chi connectivity index (χ4n) is 0.791. The van der Waals surface area contributed by atoms with Crippen molar-refractivity contribution < 1.29 is 0 Å². The minimum absolute atomic E-state index is 0.718. The van der Waals surface area contributed by atoms with Crippen molar-refractivity contribution in [2.45, 2.75) is 43.9 Å². The molecule has 0 nitrogen and oxygen atoms in total. The summed E-state index contributed by atoms with van der Waals surface area (Å²) in [5, 5.41) is 0. The zero-order valence-electron chi connectivity index (χ0n) is 6.20. The van der Waals surface area contributed by atoms with Crippen molar-refractivity contribution >= 4 is 15.9 Å². The van der Waals surface area contributed by atoms with Gasteiger partial charge in [-0.05, 0) is 12.8 Å². The number of hydrogen-bond donors (Lipinski definition) is 0. The predicted octanol–water partition coefficient (Wildman–Crippen LogP) is 3.55. The first-order valence-electron chi connectivity index (χ1n) is 3.74. The van der Waals surface area contributed by atoms with Crippen LogP contribution in [0.3, 0.4) is 0 Å². The lowest BCUT2D eigenvalue weighted by atomic mass is 10.1.